The van der Waals surface area contributed by atoms with Crippen molar-refractivity contribution in [2.75, 3.05) is 0 Å². The molecule has 0 fully saturated rings. The minimum Gasteiger partial charge on any atom is -0.369 e. The van der Waals surface area contributed by atoms with Gasteiger partial charge in [0.05, 0.1) is 23.1 Å². The number of thioether (sulfide) groups is 1. The molecule has 1 heterocycles. The number of aryl methyl sites for hydroxylation is 2. The molecule has 122 valence electrons. The molecule has 2 aromatic rings. The lowest BCUT2D eigenvalue weighted by Crippen LogP contribution is -2.25. The molecular formula is C16H19N3O2S2. The summed E-state index contributed by atoms with van der Waals surface area (Å²) in [6.07, 6.45) is 0. The Balaban J connectivity index is 2.08. The van der Waals surface area contributed by atoms with E-state index in [2.05, 4.69) is 10.3 Å². The second-order valence-corrected chi connectivity index (χ2v) is 7.76. The Morgan fingerprint density at radius 3 is 2.65 bits per heavy atom. The average Bonchev–Trinajstić information content (AvgIpc) is 2.84. The van der Waals surface area contributed by atoms with Crippen molar-refractivity contribution in [1.29, 1.82) is 0 Å². The third-order valence-corrected chi connectivity index (χ3v) is 5.58. The molecule has 2 amide bonds. The summed E-state index contributed by atoms with van der Waals surface area (Å²) in [7, 11) is 0. The van der Waals surface area contributed by atoms with Crippen molar-refractivity contribution in [1.82, 2.24) is 10.3 Å². The van der Waals surface area contributed by atoms with E-state index >= 15 is 0 Å². The Hall–Kier alpha value is -1.86. The van der Waals surface area contributed by atoms with E-state index < -0.39 is 11.2 Å². The van der Waals surface area contributed by atoms with Gasteiger partial charge in [-0.15, -0.1) is 23.1 Å². The van der Waals surface area contributed by atoms with Crippen LogP contribution in [0.2, 0.25) is 0 Å². The highest BCUT2D eigenvalue weighted by molar-refractivity contribution is 8.00. The van der Waals surface area contributed by atoms with Gasteiger partial charge in [0.2, 0.25) is 5.91 Å². The summed E-state index contributed by atoms with van der Waals surface area (Å²) in [5.41, 5.74) is 6.82. The summed E-state index contributed by atoms with van der Waals surface area (Å²) < 4.78 is 0. The van der Waals surface area contributed by atoms with Gasteiger partial charge in [-0.1, -0.05) is 12.1 Å². The number of benzene rings is 1. The van der Waals surface area contributed by atoms with Crippen molar-refractivity contribution in [2.45, 2.75) is 37.5 Å². The maximum absolute atomic E-state index is 12.4. The fraction of sp³-hybridized carbons (Fsp3) is 0.312. The number of nitrogens with zero attached hydrogens (tertiary/aromatic N) is 1. The average molecular weight is 349 g/mol. The van der Waals surface area contributed by atoms with Crippen LogP contribution in [0.15, 0.2) is 29.2 Å². The fourth-order valence-corrected chi connectivity index (χ4v) is 3.69. The summed E-state index contributed by atoms with van der Waals surface area (Å²) in [6.45, 7) is 6.08. The molecule has 5 nitrogen and oxygen atoms in total. The summed E-state index contributed by atoms with van der Waals surface area (Å²) in [4.78, 5) is 29.9. The highest BCUT2D eigenvalue weighted by atomic mass is 32.2. The lowest BCUT2D eigenvalue weighted by molar-refractivity contribution is -0.117. The van der Waals surface area contributed by atoms with Crippen molar-refractivity contribution in [3.05, 3.63) is 45.4 Å². The van der Waals surface area contributed by atoms with Crippen LogP contribution in [0, 0.1) is 13.8 Å². The van der Waals surface area contributed by atoms with Crippen LogP contribution in [0.4, 0.5) is 0 Å². The molecule has 0 aliphatic carbocycles. The number of amides is 2. The number of carbonyl (C=O) groups is 2. The van der Waals surface area contributed by atoms with Crippen LogP contribution < -0.4 is 11.1 Å². The molecule has 0 aliphatic heterocycles. The standard InChI is InChI=1S/C16H19N3O2S2/c1-9-10(2)23-14(19-9)8-18-16(21)12-6-4-5-7-13(12)22-11(3)15(17)20/h4-7,11H,8H2,1-3H3,(H2,17,20)(H,18,21)/t11-/m0/s1. The van der Waals surface area contributed by atoms with Crippen molar-refractivity contribution >= 4 is 34.9 Å². The number of hydrogen-bond donors (Lipinski definition) is 2. The topological polar surface area (TPSA) is 85.1 Å². The first-order valence-electron chi connectivity index (χ1n) is 7.14. The van der Waals surface area contributed by atoms with E-state index in [0.717, 1.165) is 20.5 Å². The quantitative estimate of drug-likeness (QED) is 0.785. The molecule has 0 aliphatic rings. The van der Waals surface area contributed by atoms with E-state index in [4.69, 9.17) is 5.73 Å². The smallest absolute Gasteiger partial charge is 0.252 e. The predicted octanol–water partition coefficient (Wildman–Crippen LogP) is 2.66. The van der Waals surface area contributed by atoms with E-state index in [0.29, 0.717) is 12.1 Å². The monoisotopic (exact) mass is 349 g/mol. The van der Waals surface area contributed by atoms with Crippen LogP contribution >= 0.6 is 23.1 Å². The van der Waals surface area contributed by atoms with Crippen molar-refractivity contribution in [3.63, 3.8) is 0 Å². The van der Waals surface area contributed by atoms with Gasteiger partial charge >= 0.3 is 0 Å². The lowest BCUT2D eigenvalue weighted by Gasteiger charge is -2.11. The first-order chi connectivity index (χ1) is 10.9. The summed E-state index contributed by atoms with van der Waals surface area (Å²) in [5, 5.41) is 3.36. The number of aromatic nitrogens is 1. The van der Waals surface area contributed by atoms with Gasteiger partial charge in [0.25, 0.3) is 5.91 Å². The summed E-state index contributed by atoms with van der Waals surface area (Å²) >= 11 is 2.86. The van der Waals surface area contributed by atoms with E-state index in [1.807, 2.05) is 26.0 Å². The van der Waals surface area contributed by atoms with E-state index in [9.17, 15) is 9.59 Å². The maximum atomic E-state index is 12.4. The molecule has 1 aromatic heterocycles. The van der Waals surface area contributed by atoms with Gasteiger partial charge in [0.15, 0.2) is 0 Å². The number of thiazole rings is 1. The number of primary amides is 1. The molecule has 7 heteroatoms. The van der Waals surface area contributed by atoms with Crippen molar-refractivity contribution < 1.29 is 9.59 Å². The summed E-state index contributed by atoms with van der Waals surface area (Å²) in [6, 6.07) is 7.19. The Kier molecular flexibility index (Phi) is 5.79. The molecule has 0 bridgehead atoms. The predicted molar refractivity (Wildman–Crippen MR) is 93.7 cm³/mol. The van der Waals surface area contributed by atoms with Crippen LogP contribution in [0.5, 0.6) is 0 Å². The highest BCUT2D eigenvalue weighted by Gasteiger charge is 2.17. The van der Waals surface area contributed by atoms with E-state index in [1.54, 1.807) is 30.4 Å². The van der Waals surface area contributed by atoms with Gasteiger partial charge < -0.3 is 11.1 Å². The number of nitrogens with two attached hydrogens (primary N) is 1. The fourth-order valence-electron chi connectivity index (χ4n) is 1.87. The normalized spacial score (nSPS) is 12.0. The van der Waals surface area contributed by atoms with Gasteiger partial charge in [0.1, 0.15) is 5.01 Å². The zero-order valence-electron chi connectivity index (χ0n) is 13.3. The maximum Gasteiger partial charge on any atom is 0.252 e. The number of nitrogens with one attached hydrogen (secondary N) is 1. The van der Waals surface area contributed by atoms with Crippen LogP contribution in [0.1, 0.15) is 32.9 Å². The third-order valence-electron chi connectivity index (χ3n) is 3.31. The molecule has 1 aromatic carbocycles. The number of rotatable bonds is 6. The molecule has 3 N–H and O–H groups in total. The second-order valence-electron chi connectivity index (χ2n) is 5.09. The Bertz CT molecular complexity index is 708. The van der Waals surface area contributed by atoms with Gasteiger partial charge in [-0.05, 0) is 32.9 Å². The zero-order valence-corrected chi connectivity index (χ0v) is 14.9. The van der Waals surface area contributed by atoms with Gasteiger partial charge in [-0.2, -0.15) is 0 Å². The van der Waals surface area contributed by atoms with Crippen LogP contribution in [-0.4, -0.2) is 22.0 Å². The molecule has 0 saturated carbocycles. The Labute approximate surface area is 143 Å². The first-order valence-corrected chi connectivity index (χ1v) is 8.84. The lowest BCUT2D eigenvalue weighted by atomic mass is 10.2. The van der Waals surface area contributed by atoms with E-state index in [-0.39, 0.29) is 5.91 Å². The number of hydrogen-bond acceptors (Lipinski definition) is 5. The molecule has 0 unspecified atom stereocenters. The SMILES string of the molecule is Cc1nc(CNC(=O)c2ccccc2S[C@@H](C)C(N)=O)sc1C. The van der Waals surface area contributed by atoms with Gasteiger partial charge in [-0.25, -0.2) is 4.98 Å². The van der Waals surface area contributed by atoms with E-state index in [1.165, 1.54) is 11.8 Å². The molecule has 0 spiro atoms. The minimum atomic E-state index is -0.404. The zero-order chi connectivity index (χ0) is 17.0. The minimum absolute atomic E-state index is 0.185. The molecule has 0 saturated heterocycles. The van der Waals surface area contributed by atoms with Gasteiger partial charge in [-0.3, -0.25) is 9.59 Å². The molecule has 23 heavy (non-hydrogen) atoms. The van der Waals surface area contributed by atoms with Crippen LogP contribution in [0.3, 0.4) is 0 Å². The molecule has 1 atom stereocenters. The molecular weight excluding hydrogens is 330 g/mol. The highest BCUT2D eigenvalue weighted by Crippen LogP contribution is 2.26. The molecule has 0 radical (unpaired) electrons. The Morgan fingerprint density at radius 2 is 2.04 bits per heavy atom. The second kappa shape index (κ2) is 7.61. The van der Waals surface area contributed by atoms with Crippen molar-refractivity contribution in [2.24, 2.45) is 5.73 Å². The first kappa shape index (κ1) is 17.5. The van der Waals surface area contributed by atoms with Crippen LogP contribution in [0.25, 0.3) is 0 Å². The molecule has 2 rings (SSSR count). The van der Waals surface area contributed by atoms with Crippen LogP contribution in [-0.2, 0) is 11.3 Å². The number of carbonyl (C=O) groups excluding carboxylic acids is 2. The van der Waals surface area contributed by atoms with Crippen molar-refractivity contribution in [3.8, 4) is 0 Å². The summed E-state index contributed by atoms with van der Waals surface area (Å²) in [5.74, 6) is -0.589. The third kappa shape index (κ3) is 4.56. The van der Waals surface area contributed by atoms with Gasteiger partial charge in [0, 0.05) is 9.77 Å². The largest absolute Gasteiger partial charge is 0.369 e. The Morgan fingerprint density at radius 1 is 1.35 bits per heavy atom.